The normalized spacial score (nSPS) is 10.3. The molecule has 3 aromatic rings. The molecular weight excluding hydrogens is 258 g/mol. The fourth-order valence-electron chi connectivity index (χ4n) is 2.34. The van der Waals surface area contributed by atoms with E-state index >= 15 is 0 Å². The van der Waals surface area contributed by atoms with Gasteiger partial charge in [0.25, 0.3) is 0 Å². The average molecular weight is 273 g/mol. The molecule has 3 rings (SSSR count). The zero-order valence-electron chi connectivity index (χ0n) is 11.8. The summed E-state index contributed by atoms with van der Waals surface area (Å²) in [7, 11) is 0. The third-order valence-electron chi connectivity index (χ3n) is 3.43. The fraction of sp³-hybridized carbons (Fsp3) is 0.111. The lowest BCUT2D eigenvalue weighted by Crippen LogP contribution is -2.01. The van der Waals surface area contributed by atoms with E-state index in [4.69, 9.17) is 5.26 Å². The van der Waals surface area contributed by atoms with Crippen LogP contribution < -0.4 is 0 Å². The van der Waals surface area contributed by atoms with Gasteiger partial charge in [0.15, 0.2) is 0 Å². The van der Waals surface area contributed by atoms with Crippen molar-refractivity contribution in [3.8, 4) is 17.5 Å². The van der Waals surface area contributed by atoms with Crippen molar-refractivity contribution in [3.05, 3.63) is 77.6 Å². The lowest BCUT2D eigenvalue weighted by Gasteiger charge is -2.08. The van der Waals surface area contributed by atoms with E-state index in [0.29, 0.717) is 12.1 Å². The van der Waals surface area contributed by atoms with E-state index in [1.54, 1.807) is 0 Å². The summed E-state index contributed by atoms with van der Waals surface area (Å²) in [6.07, 6.45) is 3.78. The van der Waals surface area contributed by atoms with Gasteiger partial charge in [-0.15, -0.1) is 0 Å². The Morgan fingerprint density at radius 1 is 1.14 bits per heavy atom. The summed E-state index contributed by atoms with van der Waals surface area (Å²) >= 11 is 0. The first-order valence-electron chi connectivity index (χ1n) is 6.83. The molecule has 102 valence electrons. The van der Waals surface area contributed by atoms with Crippen LogP contribution in [0.15, 0.2) is 60.9 Å². The van der Waals surface area contributed by atoms with Crippen molar-refractivity contribution in [1.82, 2.24) is 9.55 Å². The Labute approximate surface area is 124 Å². The van der Waals surface area contributed by atoms with Crippen molar-refractivity contribution >= 4 is 0 Å². The predicted octanol–water partition coefficient (Wildman–Crippen LogP) is 3.78. The third kappa shape index (κ3) is 2.85. The summed E-state index contributed by atoms with van der Waals surface area (Å²) in [6, 6.07) is 18.2. The molecule has 0 amide bonds. The molecule has 1 heterocycles. The molecule has 0 saturated carbocycles. The average Bonchev–Trinajstić information content (AvgIpc) is 2.96. The maximum absolute atomic E-state index is 8.98. The lowest BCUT2D eigenvalue weighted by molar-refractivity contribution is 0.807. The first-order valence-corrected chi connectivity index (χ1v) is 6.83. The summed E-state index contributed by atoms with van der Waals surface area (Å²) in [5.41, 5.74) is 4.12. The standard InChI is InChI=1S/C18H15N3/c1-14-5-7-17(8-6-14)18-20-9-10-21(18)13-16-4-2-3-15(11-16)12-19/h2-11H,13H2,1H3. The van der Waals surface area contributed by atoms with Crippen molar-refractivity contribution in [1.29, 1.82) is 5.26 Å². The van der Waals surface area contributed by atoms with Gasteiger partial charge in [-0.3, -0.25) is 0 Å². The zero-order valence-corrected chi connectivity index (χ0v) is 11.8. The smallest absolute Gasteiger partial charge is 0.140 e. The van der Waals surface area contributed by atoms with E-state index in [0.717, 1.165) is 17.0 Å². The van der Waals surface area contributed by atoms with Gasteiger partial charge in [-0.2, -0.15) is 5.26 Å². The number of imidazole rings is 1. The molecule has 0 N–H and O–H groups in total. The summed E-state index contributed by atoms with van der Waals surface area (Å²) in [6.45, 7) is 2.78. The number of hydrogen-bond acceptors (Lipinski definition) is 2. The molecule has 0 aliphatic rings. The lowest BCUT2D eigenvalue weighted by atomic mass is 10.1. The Hall–Kier alpha value is -2.86. The van der Waals surface area contributed by atoms with Crippen LogP contribution in [-0.4, -0.2) is 9.55 Å². The highest BCUT2D eigenvalue weighted by atomic mass is 15.1. The minimum absolute atomic E-state index is 0.685. The molecule has 0 radical (unpaired) electrons. The van der Waals surface area contributed by atoms with Crippen LogP contribution >= 0.6 is 0 Å². The van der Waals surface area contributed by atoms with Crippen molar-refractivity contribution in [2.45, 2.75) is 13.5 Å². The number of aromatic nitrogens is 2. The molecule has 0 aliphatic heterocycles. The molecule has 0 unspecified atom stereocenters. The molecule has 0 saturated heterocycles. The summed E-state index contributed by atoms with van der Waals surface area (Å²) < 4.78 is 2.10. The minimum atomic E-state index is 0.685. The van der Waals surface area contributed by atoms with E-state index < -0.39 is 0 Å². The van der Waals surface area contributed by atoms with Gasteiger partial charge in [0.2, 0.25) is 0 Å². The third-order valence-corrected chi connectivity index (χ3v) is 3.43. The molecule has 2 aromatic carbocycles. The minimum Gasteiger partial charge on any atom is -0.327 e. The van der Waals surface area contributed by atoms with E-state index in [1.807, 2.05) is 36.7 Å². The quantitative estimate of drug-likeness (QED) is 0.728. The number of hydrogen-bond donors (Lipinski definition) is 0. The predicted molar refractivity (Wildman–Crippen MR) is 82.7 cm³/mol. The molecule has 0 spiro atoms. The molecule has 1 aromatic heterocycles. The van der Waals surface area contributed by atoms with Crippen molar-refractivity contribution < 1.29 is 0 Å². The maximum Gasteiger partial charge on any atom is 0.140 e. The SMILES string of the molecule is Cc1ccc(-c2nccn2Cc2cccc(C#N)c2)cc1. The van der Waals surface area contributed by atoms with E-state index in [9.17, 15) is 0 Å². The Bertz CT molecular complexity index is 792. The number of aryl methyl sites for hydroxylation is 1. The van der Waals surface area contributed by atoms with Gasteiger partial charge in [0.05, 0.1) is 11.6 Å². The summed E-state index contributed by atoms with van der Waals surface area (Å²) in [5.74, 6) is 0.942. The highest BCUT2D eigenvalue weighted by molar-refractivity contribution is 5.56. The highest BCUT2D eigenvalue weighted by Gasteiger charge is 2.06. The van der Waals surface area contributed by atoms with Crippen LogP contribution in [-0.2, 0) is 6.54 Å². The largest absolute Gasteiger partial charge is 0.327 e. The Kier molecular flexibility index (Phi) is 3.53. The van der Waals surface area contributed by atoms with Gasteiger partial charge in [0.1, 0.15) is 5.82 Å². The molecule has 0 bridgehead atoms. The number of nitrogens with zero attached hydrogens (tertiary/aromatic N) is 3. The second-order valence-corrected chi connectivity index (χ2v) is 5.06. The maximum atomic E-state index is 8.98. The molecule has 3 nitrogen and oxygen atoms in total. The van der Waals surface area contributed by atoms with Crippen LogP contribution in [0, 0.1) is 18.3 Å². The Morgan fingerprint density at radius 2 is 1.95 bits per heavy atom. The molecule has 0 fully saturated rings. The van der Waals surface area contributed by atoms with Crippen molar-refractivity contribution in [2.75, 3.05) is 0 Å². The van der Waals surface area contributed by atoms with Crippen LogP contribution in [0.1, 0.15) is 16.7 Å². The highest BCUT2D eigenvalue weighted by Crippen LogP contribution is 2.19. The molecule has 0 atom stereocenters. The fourth-order valence-corrected chi connectivity index (χ4v) is 2.34. The topological polar surface area (TPSA) is 41.6 Å². The van der Waals surface area contributed by atoms with Crippen LogP contribution in [0.2, 0.25) is 0 Å². The summed E-state index contributed by atoms with van der Waals surface area (Å²) in [5, 5.41) is 8.98. The van der Waals surface area contributed by atoms with Gasteiger partial charge < -0.3 is 4.57 Å². The number of rotatable bonds is 3. The zero-order chi connectivity index (χ0) is 14.7. The molecular formula is C18H15N3. The number of nitriles is 1. The van der Waals surface area contributed by atoms with Gasteiger partial charge in [-0.05, 0) is 24.6 Å². The second-order valence-electron chi connectivity index (χ2n) is 5.06. The van der Waals surface area contributed by atoms with Gasteiger partial charge in [-0.25, -0.2) is 4.98 Å². The van der Waals surface area contributed by atoms with Gasteiger partial charge in [0, 0.05) is 24.5 Å². The van der Waals surface area contributed by atoms with Gasteiger partial charge in [-0.1, -0.05) is 42.0 Å². The molecule has 0 aliphatic carbocycles. The van der Waals surface area contributed by atoms with Crippen LogP contribution in [0.4, 0.5) is 0 Å². The summed E-state index contributed by atoms with van der Waals surface area (Å²) in [4.78, 5) is 4.45. The van der Waals surface area contributed by atoms with Crippen molar-refractivity contribution in [3.63, 3.8) is 0 Å². The first kappa shape index (κ1) is 13.1. The van der Waals surface area contributed by atoms with Gasteiger partial charge >= 0.3 is 0 Å². The van der Waals surface area contributed by atoms with E-state index in [1.165, 1.54) is 5.56 Å². The van der Waals surface area contributed by atoms with E-state index in [2.05, 4.69) is 46.8 Å². The second kappa shape index (κ2) is 5.64. The van der Waals surface area contributed by atoms with Crippen LogP contribution in [0.5, 0.6) is 0 Å². The van der Waals surface area contributed by atoms with Crippen LogP contribution in [0.25, 0.3) is 11.4 Å². The Balaban J connectivity index is 1.92. The van der Waals surface area contributed by atoms with Crippen LogP contribution in [0.3, 0.4) is 0 Å². The van der Waals surface area contributed by atoms with E-state index in [-0.39, 0.29) is 0 Å². The monoisotopic (exact) mass is 273 g/mol. The first-order chi connectivity index (χ1) is 10.3. The molecule has 21 heavy (non-hydrogen) atoms. The number of benzene rings is 2. The van der Waals surface area contributed by atoms with Crippen molar-refractivity contribution in [2.24, 2.45) is 0 Å². The molecule has 3 heteroatoms. The Morgan fingerprint density at radius 3 is 2.71 bits per heavy atom.